The Kier molecular flexibility index (Phi) is 3.88. The number of hydrogen-bond donors (Lipinski definition) is 1. The van der Waals surface area contributed by atoms with Crippen molar-refractivity contribution in [3.63, 3.8) is 0 Å². The first kappa shape index (κ1) is 13.1. The molecule has 3 rings (SSSR count). The third kappa shape index (κ3) is 3.00. The van der Waals surface area contributed by atoms with Crippen molar-refractivity contribution in [3.8, 4) is 0 Å². The van der Waals surface area contributed by atoms with E-state index >= 15 is 0 Å². The molecule has 2 saturated heterocycles. The second-order valence-corrected chi connectivity index (χ2v) is 5.22. The van der Waals surface area contributed by atoms with E-state index in [1.54, 1.807) is 12.4 Å². The SMILES string of the molecule is Clc1cnccc1NC[C@@H]1COC2(CCOCC2)O1. The number of hydrogen-bond acceptors (Lipinski definition) is 5. The van der Waals surface area contributed by atoms with Crippen LogP contribution in [0.25, 0.3) is 0 Å². The standard InChI is InChI=1S/C13H17ClN2O3/c14-11-8-15-4-1-12(11)16-7-10-9-18-13(19-10)2-5-17-6-3-13/h1,4,8,10H,2-3,5-7,9H2,(H,15,16)/t10-/m1/s1. The zero-order chi connectivity index (χ0) is 13.1. The minimum Gasteiger partial charge on any atom is -0.381 e. The summed E-state index contributed by atoms with van der Waals surface area (Å²) in [6.07, 6.45) is 4.98. The third-order valence-electron chi connectivity index (χ3n) is 3.46. The van der Waals surface area contributed by atoms with Crippen LogP contribution in [0, 0.1) is 0 Å². The van der Waals surface area contributed by atoms with Crippen molar-refractivity contribution >= 4 is 17.3 Å². The maximum atomic E-state index is 6.04. The molecule has 0 amide bonds. The molecule has 5 nitrogen and oxygen atoms in total. The fourth-order valence-electron chi connectivity index (χ4n) is 2.40. The topological polar surface area (TPSA) is 52.6 Å². The Morgan fingerprint density at radius 2 is 2.26 bits per heavy atom. The summed E-state index contributed by atoms with van der Waals surface area (Å²) in [5, 5.41) is 3.88. The summed E-state index contributed by atoms with van der Waals surface area (Å²) in [6, 6.07) is 1.85. The number of pyridine rings is 1. The van der Waals surface area contributed by atoms with Crippen LogP contribution in [0.5, 0.6) is 0 Å². The third-order valence-corrected chi connectivity index (χ3v) is 3.76. The molecule has 2 fully saturated rings. The van der Waals surface area contributed by atoms with Crippen molar-refractivity contribution in [2.24, 2.45) is 0 Å². The van der Waals surface area contributed by atoms with Crippen LogP contribution in [0.3, 0.4) is 0 Å². The Hall–Kier alpha value is -0.880. The smallest absolute Gasteiger partial charge is 0.173 e. The highest BCUT2D eigenvalue weighted by Gasteiger charge is 2.42. The lowest BCUT2D eigenvalue weighted by Crippen LogP contribution is -2.38. The molecule has 6 heteroatoms. The van der Waals surface area contributed by atoms with Gasteiger partial charge in [0.05, 0.1) is 30.5 Å². The molecule has 3 heterocycles. The molecule has 1 N–H and O–H groups in total. The first-order chi connectivity index (χ1) is 9.27. The number of ether oxygens (including phenoxy) is 3. The summed E-state index contributed by atoms with van der Waals surface area (Å²) in [7, 11) is 0. The summed E-state index contributed by atoms with van der Waals surface area (Å²) in [5.41, 5.74) is 0.869. The molecular formula is C13H17ClN2O3. The average Bonchev–Trinajstić information content (AvgIpc) is 2.82. The Balaban J connectivity index is 1.53. The average molecular weight is 285 g/mol. The van der Waals surface area contributed by atoms with Gasteiger partial charge in [0.1, 0.15) is 6.10 Å². The number of nitrogens with one attached hydrogen (secondary N) is 1. The van der Waals surface area contributed by atoms with Crippen LogP contribution in [-0.2, 0) is 14.2 Å². The maximum Gasteiger partial charge on any atom is 0.173 e. The van der Waals surface area contributed by atoms with Crippen molar-refractivity contribution in [1.82, 2.24) is 4.98 Å². The van der Waals surface area contributed by atoms with E-state index in [0.717, 1.165) is 18.5 Å². The van der Waals surface area contributed by atoms with E-state index in [2.05, 4.69) is 10.3 Å². The lowest BCUT2D eigenvalue weighted by molar-refractivity contribution is -0.209. The lowest BCUT2D eigenvalue weighted by Gasteiger charge is -2.31. The summed E-state index contributed by atoms with van der Waals surface area (Å²) >= 11 is 6.04. The second-order valence-electron chi connectivity index (χ2n) is 4.81. The maximum absolute atomic E-state index is 6.04. The van der Waals surface area contributed by atoms with Gasteiger partial charge < -0.3 is 19.5 Å². The van der Waals surface area contributed by atoms with Gasteiger partial charge in [-0.05, 0) is 6.07 Å². The van der Waals surface area contributed by atoms with E-state index in [4.69, 9.17) is 25.8 Å². The van der Waals surface area contributed by atoms with Gasteiger partial charge in [-0.1, -0.05) is 11.6 Å². The van der Waals surface area contributed by atoms with E-state index in [9.17, 15) is 0 Å². The molecule has 2 aliphatic heterocycles. The van der Waals surface area contributed by atoms with Gasteiger partial charge in [0, 0.05) is 31.8 Å². The van der Waals surface area contributed by atoms with Crippen molar-refractivity contribution in [3.05, 3.63) is 23.5 Å². The van der Waals surface area contributed by atoms with Gasteiger partial charge in [-0.25, -0.2) is 0 Å². The van der Waals surface area contributed by atoms with Crippen LogP contribution in [0.4, 0.5) is 5.69 Å². The summed E-state index contributed by atoms with van der Waals surface area (Å²) in [4.78, 5) is 3.95. The summed E-state index contributed by atoms with van der Waals surface area (Å²) < 4.78 is 17.2. The molecule has 0 radical (unpaired) electrons. The van der Waals surface area contributed by atoms with Gasteiger partial charge in [-0.15, -0.1) is 0 Å². The van der Waals surface area contributed by atoms with E-state index in [0.29, 0.717) is 31.4 Å². The zero-order valence-corrected chi connectivity index (χ0v) is 11.4. The van der Waals surface area contributed by atoms with Gasteiger partial charge >= 0.3 is 0 Å². The largest absolute Gasteiger partial charge is 0.381 e. The van der Waals surface area contributed by atoms with Crippen LogP contribution >= 0.6 is 11.6 Å². The van der Waals surface area contributed by atoms with Gasteiger partial charge in [0.2, 0.25) is 0 Å². The van der Waals surface area contributed by atoms with Gasteiger partial charge in [0.25, 0.3) is 0 Å². The van der Waals surface area contributed by atoms with Crippen molar-refractivity contribution in [1.29, 1.82) is 0 Å². The zero-order valence-electron chi connectivity index (χ0n) is 10.6. The first-order valence-corrected chi connectivity index (χ1v) is 6.88. The molecule has 1 atom stereocenters. The van der Waals surface area contributed by atoms with Crippen LogP contribution in [0.2, 0.25) is 5.02 Å². The molecule has 1 spiro atoms. The molecular weight excluding hydrogens is 268 g/mol. The molecule has 0 aromatic carbocycles. The minimum absolute atomic E-state index is 0.0438. The molecule has 19 heavy (non-hydrogen) atoms. The fourth-order valence-corrected chi connectivity index (χ4v) is 2.59. The van der Waals surface area contributed by atoms with E-state index < -0.39 is 5.79 Å². The van der Waals surface area contributed by atoms with Crippen LogP contribution in [0.1, 0.15) is 12.8 Å². The summed E-state index contributed by atoms with van der Waals surface area (Å²) in [6.45, 7) is 2.69. The number of anilines is 1. The quantitative estimate of drug-likeness (QED) is 0.921. The van der Waals surface area contributed by atoms with E-state index in [1.807, 2.05) is 6.07 Å². The molecule has 104 valence electrons. The Morgan fingerprint density at radius 3 is 3.05 bits per heavy atom. The van der Waals surface area contributed by atoms with E-state index in [-0.39, 0.29) is 6.10 Å². The number of rotatable bonds is 3. The number of halogens is 1. The molecule has 0 unspecified atom stereocenters. The van der Waals surface area contributed by atoms with Crippen molar-refractivity contribution in [2.75, 3.05) is 31.7 Å². The van der Waals surface area contributed by atoms with Gasteiger partial charge in [-0.2, -0.15) is 0 Å². The molecule has 1 aromatic rings. The second kappa shape index (κ2) is 5.63. The highest BCUT2D eigenvalue weighted by molar-refractivity contribution is 6.33. The van der Waals surface area contributed by atoms with Crippen LogP contribution < -0.4 is 5.32 Å². The highest BCUT2D eigenvalue weighted by atomic mass is 35.5. The predicted molar refractivity (Wildman–Crippen MR) is 71.3 cm³/mol. The molecule has 0 saturated carbocycles. The first-order valence-electron chi connectivity index (χ1n) is 6.50. The predicted octanol–water partition coefficient (Wildman–Crippen LogP) is 2.07. The fraction of sp³-hybridized carbons (Fsp3) is 0.615. The minimum atomic E-state index is -0.424. The van der Waals surface area contributed by atoms with Gasteiger partial charge in [-0.3, -0.25) is 4.98 Å². The number of aromatic nitrogens is 1. The van der Waals surface area contributed by atoms with Gasteiger partial charge in [0.15, 0.2) is 5.79 Å². The normalized spacial score (nSPS) is 25.6. The molecule has 0 bridgehead atoms. The number of nitrogens with zero attached hydrogens (tertiary/aromatic N) is 1. The molecule has 2 aliphatic rings. The Morgan fingerprint density at radius 1 is 1.42 bits per heavy atom. The lowest BCUT2D eigenvalue weighted by atomic mass is 10.1. The van der Waals surface area contributed by atoms with Crippen LogP contribution in [0.15, 0.2) is 18.5 Å². The van der Waals surface area contributed by atoms with Crippen LogP contribution in [-0.4, -0.2) is 43.2 Å². The van der Waals surface area contributed by atoms with Crippen molar-refractivity contribution < 1.29 is 14.2 Å². The monoisotopic (exact) mass is 284 g/mol. The molecule has 0 aliphatic carbocycles. The Labute approximate surface area is 117 Å². The van der Waals surface area contributed by atoms with E-state index in [1.165, 1.54) is 0 Å². The summed E-state index contributed by atoms with van der Waals surface area (Å²) in [5.74, 6) is -0.424. The van der Waals surface area contributed by atoms with Crippen molar-refractivity contribution in [2.45, 2.75) is 24.7 Å². The highest BCUT2D eigenvalue weighted by Crippen LogP contribution is 2.33. The molecule has 1 aromatic heterocycles. The Bertz CT molecular complexity index is 438.